The molecule has 34 heavy (non-hydrogen) atoms. The number of sulfonamides is 1. The number of nitrogens with zero attached hydrogens (tertiary/aromatic N) is 1. The zero-order chi connectivity index (χ0) is 24.6. The van der Waals surface area contributed by atoms with Crippen LogP contribution in [0, 0.1) is 0 Å². The second-order valence-electron chi connectivity index (χ2n) is 7.96. The first-order valence-corrected chi connectivity index (χ1v) is 12.5. The number of amides is 2. The van der Waals surface area contributed by atoms with Gasteiger partial charge in [0.15, 0.2) is 11.5 Å². The number of hydrogen-bond acceptors (Lipinski definition) is 7. The van der Waals surface area contributed by atoms with Crippen molar-refractivity contribution >= 4 is 27.5 Å². The van der Waals surface area contributed by atoms with Crippen molar-refractivity contribution in [1.29, 1.82) is 0 Å². The summed E-state index contributed by atoms with van der Waals surface area (Å²) in [5.41, 5.74) is 6.13. The number of carbonyl (C=O) groups is 2. The van der Waals surface area contributed by atoms with Crippen LogP contribution in [0.3, 0.4) is 0 Å². The van der Waals surface area contributed by atoms with Gasteiger partial charge in [-0.05, 0) is 43.2 Å². The average molecular weight is 491 g/mol. The molecule has 0 saturated heterocycles. The van der Waals surface area contributed by atoms with Crippen LogP contribution in [0.25, 0.3) is 0 Å². The Morgan fingerprint density at radius 1 is 0.941 bits per heavy atom. The molecule has 1 aliphatic rings. The molecule has 0 fully saturated rings. The lowest BCUT2D eigenvalue weighted by molar-refractivity contribution is -0.122. The molecule has 1 aliphatic heterocycles. The van der Waals surface area contributed by atoms with Crippen LogP contribution in [0.5, 0.6) is 11.5 Å². The van der Waals surface area contributed by atoms with Crippen molar-refractivity contribution in [3.63, 3.8) is 0 Å². The average Bonchev–Trinajstić information content (AvgIpc) is 2.84. The summed E-state index contributed by atoms with van der Waals surface area (Å²) < 4.78 is 38.3. The van der Waals surface area contributed by atoms with Gasteiger partial charge in [0.25, 0.3) is 5.91 Å². The van der Waals surface area contributed by atoms with Gasteiger partial charge in [0.1, 0.15) is 13.2 Å². The van der Waals surface area contributed by atoms with E-state index in [4.69, 9.17) is 9.47 Å². The second-order valence-corrected chi connectivity index (χ2v) is 9.73. The highest BCUT2D eigenvalue weighted by molar-refractivity contribution is 7.89. The van der Waals surface area contributed by atoms with E-state index in [1.165, 1.54) is 12.1 Å². The molecule has 0 bridgehead atoms. The van der Waals surface area contributed by atoms with Crippen molar-refractivity contribution < 1.29 is 27.5 Å². The maximum atomic E-state index is 12.5. The largest absolute Gasteiger partial charge is 0.486 e. The third-order valence-corrected chi connectivity index (χ3v) is 6.60. The Morgan fingerprint density at radius 3 is 2.47 bits per heavy atom. The standard InChI is InChI=1S/C23H30N4O6S/c1-27(2)18-8-6-7-17(15-18)23(29)26-25-22(28)9-4-3-5-12-24-34(30,31)19-10-11-20-21(16-19)33-14-13-32-20/h6-8,10-11,15-16,24H,3-5,9,12-14H2,1-2H3,(H,25,28)(H,26,29). The molecule has 3 N–H and O–H groups in total. The van der Waals surface area contributed by atoms with E-state index in [9.17, 15) is 18.0 Å². The molecule has 2 amide bonds. The molecule has 1 heterocycles. The number of benzene rings is 2. The van der Waals surface area contributed by atoms with Crippen LogP contribution >= 0.6 is 0 Å². The minimum Gasteiger partial charge on any atom is -0.486 e. The van der Waals surface area contributed by atoms with E-state index in [0.717, 1.165) is 5.69 Å². The number of carbonyl (C=O) groups excluding carboxylic acids is 2. The minimum absolute atomic E-state index is 0.114. The molecule has 0 atom stereocenters. The summed E-state index contributed by atoms with van der Waals surface area (Å²) in [6.07, 6.45) is 1.99. The normalized spacial score (nSPS) is 12.6. The van der Waals surface area contributed by atoms with Crippen molar-refractivity contribution in [2.24, 2.45) is 0 Å². The quantitative estimate of drug-likeness (QED) is 0.343. The number of nitrogens with one attached hydrogen (secondary N) is 3. The molecule has 2 aromatic rings. The van der Waals surface area contributed by atoms with Crippen LogP contribution in [0.4, 0.5) is 5.69 Å². The molecule has 0 aliphatic carbocycles. The smallest absolute Gasteiger partial charge is 0.269 e. The fourth-order valence-electron chi connectivity index (χ4n) is 3.25. The van der Waals surface area contributed by atoms with Gasteiger partial charge < -0.3 is 14.4 Å². The van der Waals surface area contributed by atoms with E-state index >= 15 is 0 Å². The van der Waals surface area contributed by atoms with Crippen LogP contribution in [0.1, 0.15) is 36.0 Å². The molecular formula is C23H30N4O6S. The summed E-state index contributed by atoms with van der Waals surface area (Å²) in [7, 11) is 0.0886. The van der Waals surface area contributed by atoms with E-state index in [1.54, 1.807) is 24.3 Å². The van der Waals surface area contributed by atoms with Gasteiger partial charge >= 0.3 is 0 Å². The number of fused-ring (bicyclic) bond motifs is 1. The lowest BCUT2D eigenvalue weighted by Gasteiger charge is -2.18. The highest BCUT2D eigenvalue weighted by Gasteiger charge is 2.19. The molecule has 10 nitrogen and oxygen atoms in total. The van der Waals surface area contributed by atoms with Gasteiger partial charge in [-0.25, -0.2) is 13.1 Å². The van der Waals surface area contributed by atoms with E-state index in [2.05, 4.69) is 15.6 Å². The Kier molecular flexibility index (Phi) is 8.72. The molecule has 184 valence electrons. The molecule has 11 heteroatoms. The lowest BCUT2D eigenvalue weighted by atomic mass is 10.2. The number of hydrazine groups is 1. The third kappa shape index (κ3) is 7.09. The molecule has 2 aromatic carbocycles. The van der Waals surface area contributed by atoms with Crippen LogP contribution in [-0.2, 0) is 14.8 Å². The van der Waals surface area contributed by atoms with Gasteiger partial charge in [-0.3, -0.25) is 20.4 Å². The third-order valence-electron chi connectivity index (χ3n) is 5.14. The predicted molar refractivity (Wildman–Crippen MR) is 127 cm³/mol. The SMILES string of the molecule is CN(C)c1cccc(C(=O)NNC(=O)CCCCCNS(=O)(=O)c2ccc3c(c2)OCCO3)c1. The summed E-state index contributed by atoms with van der Waals surface area (Å²) in [5, 5.41) is 0. The molecule has 3 rings (SSSR count). The van der Waals surface area contributed by atoms with E-state index in [0.29, 0.717) is 49.5 Å². The van der Waals surface area contributed by atoms with Crippen molar-refractivity contribution in [2.45, 2.75) is 30.6 Å². The fourth-order valence-corrected chi connectivity index (χ4v) is 4.34. The summed E-state index contributed by atoms with van der Waals surface area (Å²) in [6.45, 7) is 1.06. The Labute approximate surface area is 199 Å². The number of ether oxygens (including phenoxy) is 2. The minimum atomic E-state index is -3.67. The molecule has 0 spiro atoms. The number of hydrogen-bond donors (Lipinski definition) is 3. The summed E-state index contributed by atoms with van der Waals surface area (Å²) in [6, 6.07) is 11.6. The molecule has 0 unspecified atom stereocenters. The van der Waals surface area contributed by atoms with Crippen LogP contribution in [0.15, 0.2) is 47.4 Å². The van der Waals surface area contributed by atoms with Crippen LogP contribution in [0.2, 0.25) is 0 Å². The molecule has 0 radical (unpaired) electrons. The highest BCUT2D eigenvalue weighted by atomic mass is 32.2. The van der Waals surface area contributed by atoms with Gasteiger partial charge in [-0.2, -0.15) is 0 Å². The Balaban J connectivity index is 1.33. The zero-order valence-electron chi connectivity index (χ0n) is 19.3. The maximum Gasteiger partial charge on any atom is 0.269 e. The number of anilines is 1. The monoisotopic (exact) mass is 490 g/mol. The number of unbranched alkanes of at least 4 members (excludes halogenated alkanes) is 2. The Bertz CT molecular complexity index is 1120. The van der Waals surface area contributed by atoms with E-state index < -0.39 is 15.9 Å². The Hall–Kier alpha value is -3.31. The van der Waals surface area contributed by atoms with Gasteiger partial charge in [0.05, 0.1) is 4.90 Å². The number of rotatable bonds is 10. The molecular weight excluding hydrogens is 460 g/mol. The molecule has 0 saturated carbocycles. The second kappa shape index (κ2) is 11.7. The first-order chi connectivity index (χ1) is 16.3. The Morgan fingerprint density at radius 2 is 1.71 bits per heavy atom. The zero-order valence-corrected chi connectivity index (χ0v) is 20.1. The highest BCUT2D eigenvalue weighted by Crippen LogP contribution is 2.32. The van der Waals surface area contributed by atoms with Gasteiger partial charge in [0.2, 0.25) is 15.9 Å². The maximum absolute atomic E-state index is 12.5. The van der Waals surface area contributed by atoms with E-state index in [1.807, 2.05) is 25.1 Å². The first kappa shape index (κ1) is 25.3. The summed E-state index contributed by atoms with van der Waals surface area (Å²) in [5.74, 6) is 0.235. The van der Waals surface area contributed by atoms with Crippen molar-refractivity contribution in [3.05, 3.63) is 48.0 Å². The van der Waals surface area contributed by atoms with Crippen molar-refractivity contribution in [2.75, 3.05) is 38.8 Å². The van der Waals surface area contributed by atoms with Crippen LogP contribution in [-0.4, -0.2) is 54.1 Å². The molecule has 0 aromatic heterocycles. The van der Waals surface area contributed by atoms with E-state index in [-0.39, 0.29) is 23.8 Å². The van der Waals surface area contributed by atoms with Crippen molar-refractivity contribution in [3.8, 4) is 11.5 Å². The first-order valence-electron chi connectivity index (χ1n) is 11.0. The van der Waals surface area contributed by atoms with Crippen LogP contribution < -0.4 is 29.9 Å². The summed E-state index contributed by atoms with van der Waals surface area (Å²) >= 11 is 0. The van der Waals surface area contributed by atoms with Crippen molar-refractivity contribution in [1.82, 2.24) is 15.6 Å². The fraction of sp³-hybridized carbons (Fsp3) is 0.391. The summed E-state index contributed by atoms with van der Waals surface area (Å²) in [4.78, 5) is 26.2. The van der Waals surface area contributed by atoms with Gasteiger partial charge in [-0.1, -0.05) is 12.5 Å². The van der Waals surface area contributed by atoms with Gasteiger partial charge in [-0.15, -0.1) is 0 Å². The predicted octanol–water partition coefficient (Wildman–Crippen LogP) is 1.82. The topological polar surface area (TPSA) is 126 Å². The lowest BCUT2D eigenvalue weighted by Crippen LogP contribution is -2.41. The van der Waals surface area contributed by atoms with Gasteiger partial charge in [0, 0.05) is 44.4 Å².